The van der Waals surface area contributed by atoms with Crippen molar-refractivity contribution in [1.82, 2.24) is 4.98 Å². The van der Waals surface area contributed by atoms with E-state index in [1.807, 2.05) is 24.3 Å². The Hall–Kier alpha value is -2.86. The molecule has 0 bridgehead atoms. The molecule has 26 heavy (non-hydrogen) atoms. The summed E-state index contributed by atoms with van der Waals surface area (Å²) in [6.07, 6.45) is 2.46. The van der Waals surface area contributed by atoms with Crippen LogP contribution in [0.15, 0.2) is 48.7 Å². The highest BCUT2D eigenvalue weighted by Gasteiger charge is 2.37. The molecule has 130 valence electrons. The van der Waals surface area contributed by atoms with Crippen molar-refractivity contribution in [2.24, 2.45) is 0 Å². The fourth-order valence-corrected chi connectivity index (χ4v) is 3.60. The van der Waals surface area contributed by atoms with E-state index in [4.69, 9.17) is 4.65 Å². The lowest BCUT2D eigenvalue weighted by molar-refractivity contribution is 0.0972. The van der Waals surface area contributed by atoms with Gasteiger partial charge in [0.05, 0.1) is 11.1 Å². The number of aromatic amines is 1. The van der Waals surface area contributed by atoms with Gasteiger partial charge in [0.1, 0.15) is 5.75 Å². The Balaban J connectivity index is 1.60. The van der Waals surface area contributed by atoms with Crippen LogP contribution in [-0.4, -0.2) is 28.7 Å². The molecule has 1 aliphatic rings. The average Bonchev–Trinajstić information content (AvgIpc) is 3.10. The number of benzene rings is 2. The zero-order valence-electron chi connectivity index (χ0n) is 14.4. The molecule has 6 heteroatoms. The van der Waals surface area contributed by atoms with Gasteiger partial charge in [-0.25, -0.2) is 0 Å². The summed E-state index contributed by atoms with van der Waals surface area (Å²) in [5.41, 5.74) is 2.73. The van der Waals surface area contributed by atoms with Crippen LogP contribution >= 0.6 is 0 Å². The van der Waals surface area contributed by atoms with E-state index >= 15 is 0 Å². The van der Waals surface area contributed by atoms with Gasteiger partial charge >= 0.3 is 7.12 Å². The predicted molar refractivity (Wildman–Crippen MR) is 99.7 cm³/mol. The van der Waals surface area contributed by atoms with Crippen molar-refractivity contribution in [2.75, 3.05) is 0 Å². The number of Topliss-reactive ketones (excluding diaryl/α,β-unsaturated/α-hetero) is 2. The highest BCUT2D eigenvalue weighted by atomic mass is 16.5. The number of H-pyrrole nitrogens is 1. The first-order valence-corrected chi connectivity index (χ1v) is 8.61. The molecule has 5 nitrogen and oxygen atoms in total. The van der Waals surface area contributed by atoms with Gasteiger partial charge < -0.3 is 14.7 Å². The lowest BCUT2D eigenvalue weighted by Gasteiger charge is -2.28. The van der Waals surface area contributed by atoms with Gasteiger partial charge in [0, 0.05) is 29.4 Å². The molecule has 0 fully saturated rings. The SMILES string of the molecule is CC(=O)c1cccc2c1OB(O)[C@@H](CC(=O)c1cccc3cc[nH]c13)C2. The smallest absolute Gasteiger partial charge is 0.526 e. The summed E-state index contributed by atoms with van der Waals surface area (Å²) in [7, 11) is -1.12. The number of carbonyl (C=O) groups is 2. The molecule has 4 rings (SSSR count). The topological polar surface area (TPSA) is 79.4 Å². The van der Waals surface area contributed by atoms with Crippen LogP contribution in [0.1, 0.15) is 39.6 Å². The number of nitrogens with one attached hydrogen (secondary N) is 1. The van der Waals surface area contributed by atoms with Gasteiger partial charge in [-0.05, 0) is 37.1 Å². The number of carbonyl (C=O) groups excluding carboxylic acids is 2. The Morgan fingerprint density at radius 2 is 1.96 bits per heavy atom. The van der Waals surface area contributed by atoms with Crippen molar-refractivity contribution in [1.29, 1.82) is 0 Å². The van der Waals surface area contributed by atoms with Crippen LogP contribution < -0.4 is 4.65 Å². The Morgan fingerprint density at radius 1 is 1.19 bits per heavy atom. The summed E-state index contributed by atoms with van der Waals surface area (Å²) in [6, 6.07) is 12.9. The summed E-state index contributed by atoms with van der Waals surface area (Å²) in [4.78, 5) is 27.7. The molecule has 0 spiro atoms. The minimum absolute atomic E-state index is 0.0446. The Kier molecular flexibility index (Phi) is 4.13. The van der Waals surface area contributed by atoms with Crippen molar-refractivity contribution in [2.45, 2.75) is 25.6 Å². The second-order valence-electron chi connectivity index (χ2n) is 6.70. The van der Waals surface area contributed by atoms with Crippen LogP contribution in [0.5, 0.6) is 5.75 Å². The van der Waals surface area contributed by atoms with Crippen molar-refractivity contribution >= 4 is 29.6 Å². The highest BCUT2D eigenvalue weighted by Crippen LogP contribution is 2.37. The van der Waals surface area contributed by atoms with Gasteiger partial charge in [-0.1, -0.05) is 24.3 Å². The maximum atomic E-state index is 12.8. The molecule has 1 aliphatic heterocycles. The minimum atomic E-state index is -1.12. The Morgan fingerprint density at radius 3 is 2.77 bits per heavy atom. The number of hydrogen-bond donors (Lipinski definition) is 2. The van der Waals surface area contributed by atoms with Gasteiger partial charge in [0.15, 0.2) is 11.6 Å². The molecule has 0 radical (unpaired) electrons. The van der Waals surface area contributed by atoms with Gasteiger partial charge in [0.2, 0.25) is 0 Å². The molecule has 0 amide bonds. The average molecular weight is 347 g/mol. The van der Waals surface area contributed by atoms with E-state index in [-0.39, 0.29) is 23.8 Å². The first-order chi connectivity index (χ1) is 12.5. The van der Waals surface area contributed by atoms with E-state index in [1.54, 1.807) is 24.4 Å². The third kappa shape index (κ3) is 2.82. The monoisotopic (exact) mass is 347 g/mol. The number of rotatable bonds is 4. The second-order valence-corrected chi connectivity index (χ2v) is 6.70. The summed E-state index contributed by atoms with van der Waals surface area (Å²) < 4.78 is 5.62. The van der Waals surface area contributed by atoms with E-state index in [2.05, 4.69) is 4.98 Å². The van der Waals surface area contributed by atoms with E-state index < -0.39 is 7.12 Å². The lowest BCUT2D eigenvalue weighted by Crippen LogP contribution is -2.35. The van der Waals surface area contributed by atoms with Crippen LogP contribution in [0.2, 0.25) is 5.82 Å². The maximum Gasteiger partial charge on any atom is 0.526 e. The molecular formula is C20H18BNO4. The standard InChI is InChI=1S/C20H18BNO4/c1-12(23)16-6-3-5-14-10-15(21(25)26-20(14)16)11-18(24)17-7-2-4-13-8-9-22-19(13)17/h2-9,15,22,25H,10-11H2,1H3/t15-/m1/s1. The van der Waals surface area contributed by atoms with Crippen LogP contribution in [0, 0.1) is 0 Å². The molecule has 0 saturated heterocycles. The van der Waals surface area contributed by atoms with Gasteiger partial charge in [0.25, 0.3) is 0 Å². The van der Waals surface area contributed by atoms with Crippen LogP contribution in [0.3, 0.4) is 0 Å². The molecule has 2 aromatic carbocycles. The molecule has 2 heterocycles. The summed E-state index contributed by atoms with van der Waals surface area (Å²) in [6.45, 7) is 1.47. The number of fused-ring (bicyclic) bond motifs is 2. The number of hydrogen-bond acceptors (Lipinski definition) is 4. The van der Waals surface area contributed by atoms with Crippen molar-refractivity contribution in [3.63, 3.8) is 0 Å². The molecule has 0 unspecified atom stereocenters. The van der Waals surface area contributed by atoms with Gasteiger partial charge in [-0.15, -0.1) is 0 Å². The first-order valence-electron chi connectivity index (χ1n) is 8.61. The normalized spacial score (nSPS) is 16.2. The Labute approximate surface area is 151 Å². The second kappa shape index (κ2) is 6.46. The Bertz CT molecular complexity index is 1010. The van der Waals surface area contributed by atoms with Crippen molar-refractivity contribution < 1.29 is 19.3 Å². The quantitative estimate of drug-likeness (QED) is 0.560. The fraction of sp³-hybridized carbons (Fsp3) is 0.200. The predicted octanol–water partition coefficient (Wildman–Crippen LogP) is 3.43. The van der Waals surface area contributed by atoms with E-state index in [0.717, 1.165) is 16.5 Å². The zero-order chi connectivity index (χ0) is 18.3. The van der Waals surface area contributed by atoms with Crippen LogP contribution in [-0.2, 0) is 6.42 Å². The van der Waals surface area contributed by atoms with Gasteiger partial charge in [-0.2, -0.15) is 0 Å². The largest absolute Gasteiger partial charge is 0.535 e. The zero-order valence-corrected chi connectivity index (χ0v) is 14.4. The third-order valence-electron chi connectivity index (χ3n) is 4.94. The molecule has 0 saturated carbocycles. The lowest BCUT2D eigenvalue weighted by atomic mass is 9.64. The molecule has 0 aliphatic carbocycles. The summed E-state index contributed by atoms with van der Waals surface area (Å²) >= 11 is 0. The molecular weight excluding hydrogens is 329 g/mol. The highest BCUT2D eigenvalue weighted by molar-refractivity contribution is 6.47. The molecule has 1 aromatic heterocycles. The van der Waals surface area contributed by atoms with E-state index in [0.29, 0.717) is 23.3 Å². The third-order valence-corrected chi connectivity index (χ3v) is 4.94. The van der Waals surface area contributed by atoms with Gasteiger partial charge in [-0.3, -0.25) is 9.59 Å². The number of ketones is 2. The number of aromatic nitrogens is 1. The van der Waals surface area contributed by atoms with Crippen molar-refractivity contribution in [3.05, 3.63) is 65.4 Å². The van der Waals surface area contributed by atoms with Crippen LogP contribution in [0.25, 0.3) is 10.9 Å². The maximum absolute atomic E-state index is 12.8. The first kappa shape index (κ1) is 16.6. The summed E-state index contributed by atoms with van der Waals surface area (Å²) in [5.74, 6) is -0.0797. The molecule has 1 atom stereocenters. The minimum Gasteiger partial charge on any atom is -0.535 e. The number of para-hydroxylation sites is 2. The van der Waals surface area contributed by atoms with E-state index in [1.165, 1.54) is 6.92 Å². The van der Waals surface area contributed by atoms with E-state index in [9.17, 15) is 14.6 Å². The molecule has 3 aromatic rings. The molecule has 2 N–H and O–H groups in total. The van der Waals surface area contributed by atoms with Crippen LogP contribution in [0.4, 0.5) is 0 Å². The van der Waals surface area contributed by atoms with Crippen molar-refractivity contribution in [3.8, 4) is 5.75 Å². The summed E-state index contributed by atoms with van der Waals surface area (Å²) in [5, 5.41) is 11.4. The fourth-order valence-electron chi connectivity index (χ4n) is 3.60.